The zero-order valence-corrected chi connectivity index (χ0v) is 38.1. The Labute approximate surface area is 395 Å². The molecular formula is C45H44Cl4N16. The van der Waals surface area contributed by atoms with Gasteiger partial charge < -0.3 is 25.8 Å². The predicted molar refractivity (Wildman–Crippen MR) is 257 cm³/mol. The highest BCUT2D eigenvalue weighted by Gasteiger charge is 2.31. The van der Waals surface area contributed by atoms with E-state index in [-0.39, 0.29) is 0 Å². The molecule has 6 aromatic heterocycles. The number of nitrogens with zero attached hydrogens (tertiary/aromatic N) is 13. The first-order valence-corrected chi connectivity index (χ1v) is 23.0. The quantitative estimate of drug-likeness (QED) is 0.115. The summed E-state index contributed by atoms with van der Waals surface area (Å²) in [6.45, 7) is 8.84. The monoisotopic (exact) mass is 948 g/mol. The maximum atomic E-state index is 6.34. The van der Waals surface area contributed by atoms with Crippen LogP contribution in [0.5, 0.6) is 0 Å². The van der Waals surface area contributed by atoms with Crippen LogP contribution in [0.1, 0.15) is 24.0 Å². The van der Waals surface area contributed by atoms with E-state index in [0.29, 0.717) is 33.2 Å². The van der Waals surface area contributed by atoms with E-state index in [1.54, 1.807) is 33.6 Å². The van der Waals surface area contributed by atoms with E-state index in [2.05, 4.69) is 60.8 Å². The fourth-order valence-electron chi connectivity index (χ4n) is 7.90. The summed E-state index contributed by atoms with van der Waals surface area (Å²) in [6.07, 6.45) is 13.5. The van der Waals surface area contributed by atoms with Crippen LogP contribution in [0.15, 0.2) is 97.8 Å². The number of hydrogen-bond donors (Lipinski definition) is 3. The van der Waals surface area contributed by atoms with Crippen molar-refractivity contribution in [3.63, 3.8) is 0 Å². The summed E-state index contributed by atoms with van der Waals surface area (Å²) in [5, 5.41) is 21.4. The van der Waals surface area contributed by atoms with Crippen molar-refractivity contribution in [2.24, 2.45) is 0 Å². The van der Waals surface area contributed by atoms with E-state index in [4.69, 9.17) is 56.4 Å². The molecule has 3 aliphatic rings. The number of anilines is 4. The van der Waals surface area contributed by atoms with Gasteiger partial charge in [-0.3, -0.25) is 4.90 Å². The molecule has 0 bridgehead atoms. The number of hydrogen-bond acceptors (Lipinski definition) is 14. The molecule has 1 aliphatic carbocycles. The van der Waals surface area contributed by atoms with Crippen LogP contribution in [-0.4, -0.2) is 112 Å². The summed E-state index contributed by atoms with van der Waals surface area (Å²) in [6, 6.07) is 19.4. The molecule has 65 heavy (non-hydrogen) atoms. The summed E-state index contributed by atoms with van der Waals surface area (Å²) in [5.41, 5.74) is 6.60. The molecular weight excluding hydrogens is 906 g/mol. The molecule has 0 atom stereocenters. The Morgan fingerprint density at radius 2 is 1.02 bits per heavy atom. The summed E-state index contributed by atoms with van der Waals surface area (Å²) >= 11 is 24.7. The lowest BCUT2D eigenvalue weighted by molar-refractivity contribution is 0.247. The normalized spacial score (nSPS) is 15.6. The molecule has 1 saturated carbocycles. The molecule has 8 aromatic rings. The van der Waals surface area contributed by atoms with E-state index >= 15 is 0 Å². The SMILES string of the molecule is Clc1ccc(CNc2cc(-c3cnc(N4CCN(C5CC5)CC4)nc3)nc3ccnn23)c(Cl)c1.Clc1ccc(CNc2cc(-c3cnc(N4CCNCC4)nc3)nc3ccnn23)c(Cl)c1. The zero-order chi connectivity index (χ0) is 44.3. The Kier molecular flexibility index (Phi) is 12.8. The van der Waals surface area contributed by atoms with Crippen molar-refractivity contribution in [3.8, 4) is 22.5 Å². The van der Waals surface area contributed by atoms with Crippen LogP contribution in [-0.2, 0) is 13.1 Å². The van der Waals surface area contributed by atoms with Gasteiger partial charge in [0, 0.05) is 152 Å². The van der Waals surface area contributed by atoms with Crippen LogP contribution < -0.4 is 25.8 Å². The van der Waals surface area contributed by atoms with Crippen molar-refractivity contribution in [3.05, 3.63) is 129 Å². The van der Waals surface area contributed by atoms with Gasteiger partial charge >= 0.3 is 0 Å². The number of halogens is 4. The van der Waals surface area contributed by atoms with Crippen LogP contribution in [0, 0.1) is 0 Å². The van der Waals surface area contributed by atoms with Gasteiger partial charge in [-0.25, -0.2) is 29.9 Å². The van der Waals surface area contributed by atoms with Gasteiger partial charge in [0.1, 0.15) is 11.6 Å². The Hall–Kier alpha value is -5.88. The fraction of sp³-hybridized carbons (Fsp3) is 0.289. The summed E-state index contributed by atoms with van der Waals surface area (Å²) < 4.78 is 3.52. The highest BCUT2D eigenvalue weighted by atomic mass is 35.5. The van der Waals surface area contributed by atoms with Crippen molar-refractivity contribution in [2.75, 3.05) is 72.8 Å². The van der Waals surface area contributed by atoms with Crippen molar-refractivity contribution < 1.29 is 0 Å². The smallest absolute Gasteiger partial charge is 0.225 e. The molecule has 2 saturated heterocycles. The first kappa shape index (κ1) is 43.0. The Morgan fingerprint density at radius 1 is 0.554 bits per heavy atom. The molecule has 0 amide bonds. The van der Waals surface area contributed by atoms with Crippen molar-refractivity contribution in [1.82, 2.24) is 59.3 Å². The van der Waals surface area contributed by atoms with E-state index < -0.39 is 0 Å². The van der Waals surface area contributed by atoms with Gasteiger partial charge in [0.25, 0.3) is 0 Å². The minimum atomic E-state index is 0.521. The van der Waals surface area contributed by atoms with Gasteiger partial charge in [0.05, 0.1) is 23.8 Å². The van der Waals surface area contributed by atoms with Crippen molar-refractivity contribution in [1.29, 1.82) is 0 Å². The van der Waals surface area contributed by atoms with Crippen LogP contribution in [0.25, 0.3) is 33.8 Å². The maximum Gasteiger partial charge on any atom is 0.225 e. The van der Waals surface area contributed by atoms with E-state index in [9.17, 15) is 0 Å². The molecule has 332 valence electrons. The average molecular weight is 951 g/mol. The number of nitrogens with one attached hydrogen (secondary N) is 3. The third-order valence-corrected chi connectivity index (χ3v) is 12.8. The summed E-state index contributed by atoms with van der Waals surface area (Å²) in [5.74, 6) is 3.12. The summed E-state index contributed by atoms with van der Waals surface area (Å²) in [4.78, 5) is 34.9. The topological polar surface area (TPSA) is 158 Å². The predicted octanol–water partition coefficient (Wildman–Crippen LogP) is 7.90. The average Bonchev–Trinajstić information content (AvgIpc) is 3.88. The second-order valence-electron chi connectivity index (χ2n) is 16.0. The molecule has 8 heterocycles. The number of benzene rings is 2. The van der Waals surface area contributed by atoms with Gasteiger partial charge in [-0.15, -0.1) is 0 Å². The van der Waals surface area contributed by atoms with E-state index in [0.717, 1.165) is 127 Å². The maximum absolute atomic E-state index is 6.34. The van der Waals surface area contributed by atoms with Gasteiger partial charge in [-0.1, -0.05) is 58.5 Å². The molecule has 3 fully saturated rings. The molecule has 3 N–H and O–H groups in total. The molecule has 16 nitrogen and oxygen atoms in total. The van der Waals surface area contributed by atoms with Crippen LogP contribution in [0.3, 0.4) is 0 Å². The molecule has 20 heteroatoms. The lowest BCUT2D eigenvalue weighted by atomic mass is 10.2. The molecule has 0 unspecified atom stereocenters. The minimum Gasteiger partial charge on any atom is -0.366 e. The number of piperazine rings is 2. The van der Waals surface area contributed by atoms with Crippen molar-refractivity contribution >= 4 is 81.2 Å². The Bertz CT molecular complexity index is 2910. The number of aromatic nitrogens is 10. The fourth-order valence-corrected chi connectivity index (χ4v) is 8.85. The second-order valence-corrected chi connectivity index (χ2v) is 17.7. The van der Waals surface area contributed by atoms with Crippen LogP contribution in [0.2, 0.25) is 20.1 Å². The lowest BCUT2D eigenvalue weighted by Gasteiger charge is -2.34. The van der Waals surface area contributed by atoms with Crippen molar-refractivity contribution in [2.45, 2.75) is 32.0 Å². The standard InChI is InChI=1S/C24H24Cl2N8.C21H20Cl2N8/c25-18-2-1-16(20(26)11-18)13-27-23-12-21(31-22-5-6-30-34(22)23)17-14-28-24(29-15-17)33-9-7-32(8-10-33)19-3-4-19;22-16-2-1-14(17(23)9-16)11-25-20-10-18(29-19-3-4-28-31(19)20)15-12-26-21(27-13-15)30-7-5-24-6-8-30/h1-2,5-6,11-12,14-15,19,27H,3-4,7-10,13H2;1-4,9-10,12-13,24-25H,5-8,11H2. The molecule has 2 aromatic carbocycles. The third-order valence-electron chi connectivity index (χ3n) is 11.6. The molecule has 0 radical (unpaired) electrons. The van der Waals surface area contributed by atoms with Gasteiger partial charge in [0.15, 0.2) is 11.3 Å². The molecule has 0 spiro atoms. The van der Waals surface area contributed by atoms with E-state index in [1.165, 1.54) is 12.8 Å². The van der Waals surface area contributed by atoms with Crippen LogP contribution >= 0.6 is 46.4 Å². The van der Waals surface area contributed by atoms with Gasteiger partial charge in [-0.05, 0) is 48.2 Å². The molecule has 11 rings (SSSR count). The molecule has 2 aliphatic heterocycles. The van der Waals surface area contributed by atoms with Gasteiger partial charge in [-0.2, -0.15) is 19.2 Å². The highest BCUT2D eigenvalue weighted by molar-refractivity contribution is 6.35. The third kappa shape index (κ3) is 10.0. The highest BCUT2D eigenvalue weighted by Crippen LogP contribution is 2.30. The first-order valence-electron chi connectivity index (χ1n) is 21.5. The number of rotatable bonds is 11. The van der Waals surface area contributed by atoms with Crippen LogP contribution in [0.4, 0.5) is 23.5 Å². The first-order chi connectivity index (χ1) is 31.8. The largest absolute Gasteiger partial charge is 0.366 e. The minimum absolute atomic E-state index is 0.521. The second kappa shape index (κ2) is 19.3. The van der Waals surface area contributed by atoms with Gasteiger partial charge in [0.2, 0.25) is 11.9 Å². The lowest BCUT2D eigenvalue weighted by Crippen LogP contribution is -2.47. The number of fused-ring (bicyclic) bond motifs is 2. The Morgan fingerprint density at radius 3 is 1.46 bits per heavy atom. The summed E-state index contributed by atoms with van der Waals surface area (Å²) in [7, 11) is 0. The Balaban J connectivity index is 0.000000154. The zero-order valence-electron chi connectivity index (χ0n) is 35.1. The van der Waals surface area contributed by atoms with E-state index in [1.807, 2.05) is 73.3 Å².